The molecule has 0 bridgehead atoms. The van der Waals surface area contributed by atoms with Crippen molar-refractivity contribution in [3.63, 3.8) is 0 Å². The number of amides is 1. The predicted molar refractivity (Wildman–Crippen MR) is 116 cm³/mol. The number of rotatable bonds is 7. The van der Waals surface area contributed by atoms with Gasteiger partial charge in [-0.15, -0.1) is 10.2 Å². The molecular formula is C21H19FN6O2S. The quantitative estimate of drug-likeness (QED) is 0.444. The van der Waals surface area contributed by atoms with Crippen molar-refractivity contribution in [1.82, 2.24) is 24.3 Å². The van der Waals surface area contributed by atoms with Crippen molar-refractivity contribution in [3.8, 4) is 17.1 Å². The average molecular weight is 438 g/mol. The Kier molecular flexibility index (Phi) is 5.99. The van der Waals surface area contributed by atoms with E-state index in [-0.39, 0.29) is 11.7 Å². The summed E-state index contributed by atoms with van der Waals surface area (Å²) in [4.78, 5) is 16.3. The summed E-state index contributed by atoms with van der Waals surface area (Å²) >= 11 is 1.25. The summed E-state index contributed by atoms with van der Waals surface area (Å²) in [5, 5.41) is 11.6. The molecule has 2 heterocycles. The number of hydrogen-bond donors (Lipinski definition) is 1. The van der Waals surface area contributed by atoms with Gasteiger partial charge in [0.1, 0.15) is 17.4 Å². The standard InChI is InChI=1S/C21H19FN6O2S/c1-14-25-26-21(28(14)16-4-6-17(30-2)7-5-16)31-12-20(29)24-15-3-8-19(18(22)11-15)27-10-9-23-13-27/h3-11,13H,12H2,1-2H3,(H,24,29). The molecule has 2 aromatic heterocycles. The number of nitrogens with one attached hydrogen (secondary N) is 1. The van der Waals surface area contributed by atoms with E-state index in [1.54, 1.807) is 36.2 Å². The van der Waals surface area contributed by atoms with Gasteiger partial charge in [-0.25, -0.2) is 9.37 Å². The Bertz CT molecular complexity index is 1190. The molecule has 4 rings (SSSR count). The Balaban J connectivity index is 1.42. The number of nitrogens with zero attached hydrogens (tertiary/aromatic N) is 5. The van der Waals surface area contributed by atoms with E-state index in [1.807, 2.05) is 35.8 Å². The maximum Gasteiger partial charge on any atom is 0.234 e. The molecule has 1 amide bonds. The fraction of sp³-hybridized carbons (Fsp3) is 0.143. The fourth-order valence-corrected chi connectivity index (χ4v) is 3.79. The zero-order valence-corrected chi connectivity index (χ0v) is 17.6. The van der Waals surface area contributed by atoms with Crippen LogP contribution in [0.25, 0.3) is 11.4 Å². The van der Waals surface area contributed by atoms with Gasteiger partial charge in [0.15, 0.2) is 5.16 Å². The summed E-state index contributed by atoms with van der Waals surface area (Å²) in [6.45, 7) is 1.84. The molecule has 0 saturated carbocycles. The first-order valence-corrected chi connectivity index (χ1v) is 10.3. The lowest BCUT2D eigenvalue weighted by Gasteiger charge is -2.10. The molecular weight excluding hydrogens is 419 g/mol. The van der Waals surface area contributed by atoms with Crippen LogP contribution in [0.4, 0.5) is 10.1 Å². The van der Waals surface area contributed by atoms with Crippen LogP contribution in [0.15, 0.2) is 66.3 Å². The van der Waals surface area contributed by atoms with Crippen molar-refractivity contribution in [3.05, 3.63) is 72.8 Å². The van der Waals surface area contributed by atoms with Crippen molar-refractivity contribution < 1.29 is 13.9 Å². The van der Waals surface area contributed by atoms with Crippen LogP contribution in [0.5, 0.6) is 5.75 Å². The molecule has 1 N–H and O–H groups in total. The van der Waals surface area contributed by atoms with Crippen molar-refractivity contribution >= 4 is 23.4 Å². The monoisotopic (exact) mass is 438 g/mol. The van der Waals surface area contributed by atoms with Crippen molar-refractivity contribution in [2.24, 2.45) is 0 Å². The number of anilines is 1. The summed E-state index contributed by atoms with van der Waals surface area (Å²) in [5.41, 5.74) is 1.59. The van der Waals surface area contributed by atoms with Crippen LogP contribution in [0, 0.1) is 12.7 Å². The summed E-state index contributed by atoms with van der Waals surface area (Å²) in [6, 6.07) is 12.0. The third kappa shape index (κ3) is 4.58. The van der Waals surface area contributed by atoms with Gasteiger partial charge in [0.25, 0.3) is 0 Å². The highest BCUT2D eigenvalue weighted by molar-refractivity contribution is 7.99. The van der Waals surface area contributed by atoms with Gasteiger partial charge in [-0.2, -0.15) is 0 Å². The largest absolute Gasteiger partial charge is 0.497 e. The first kappa shape index (κ1) is 20.6. The van der Waals surface area contributed by atoms with E-state index >= 15 is 0 Å². The molecule has 10 heteroatoms. The molecule has 158 valence electrons. The van der Waals surface area contributed by atoms with Gasteiger partial charge < -0.3 is 14.6 Å². The second-order valence-electron chi connectivity index (χ2n) is 6.54. The Morgan fingerprint density at radius 3 is 2.68 bits per heavy atom. The van der Waals surface area contributed by atoms with E-state index < -0.39 is 5.82 Å². The summed E-state index contributed by atoms with van der Waals surface area (Å²) < 4.78 is 23.0. The highest BCUT2D eigenvalue weighted by Gasteiger charge is 2.14. The zero-order valence-electron chi connectivity index (χ0n) is 16.8. The SMILES string of the molecule is COc1ccc(-n2c(C)nnc2SCC(=O)Nc2ccc(-n3ccnc3)c(F)c2)cc1. The number of aromatic nitrogens is 5. The number of benzene rings is 2. The van der Waals surface area contributed by atoms with Gasteiger partial charge in [-0.1, -0.05) is 11.8 Å². The molecule has 0 radical (unpaired) electrons. The molecule has 0 fully saturated rings. The molecule has 0 aliphatic carbocycles. The first-order chi connectivity index (χ1) is 15.0. The van der Waals surface area contributed by atoms with Crippen LogP contribution < -0.4 is 10.1 Å². The highest BCUT2D eigenvalue weighted by atomic mass is 32.2. The lowest BCUT2D eigenvalue weighted by Crippen LogP contribution is -2.15. The lowest BCUT2D eigenvalue weighted by atomic mass is 10.2. The Morgan fingerprint density at radius 1 is 1.19 bits per heavy atom. The molecule has 0 unspecified atom stereocenters. The topological polar surface area (TPSA) is 86.9 Å². The first-order valence-electron chi connectivity index (χ1n) is 9.32. The number of carbonyl (C=O) groups excluding carboxylic acids is 1. The number of carbonyl (C=O) groups is 1. The number of hydrogen-bond acceptors (Lipinski definition) is 6. The molecule has 0 saturated heterocycles. The Morgan fingerprint density at radius 2 is 2.00 bits per heavy atom. The number of imidazole rings is 1. The highest BCUT2D eigenvalue weighted by Crippen LogP contribution is 2.24. The normalized spacial score (nSPS) is 10.8. The maximum atomic E-state index is 14.4. The van der Waals surface area contributed by atoms with Crippen LogP contribution in [0.3, 0.4) is 0 Å². The van der Waals surface area contributed by atoms with Crippen LogP contribution in [0.2, 0.25) is 0 Å². The van der Waals surface area contributed by atoms with Gasteiger partial charge in [0.2, 0.25) is 5.91 Å². The molecule has 0 spiro atoms. The smallest absolute Gasteiger partial charge is 0.234 e. The summed E-state index contributed by atoms with van der Waals surface area (Å²) in [7, 11) is 1.61. The van der Waals surface area contributed by atoms with E-state index in [4.69, 9.17) is 4.74 Å². The molecule has 2 aromatic carbocycles. The third-order valence-corrected chi connectivity index (χ3v) is 5.40. The molecule has 4 aromatic rings. The number of thioether (sulfide) groups is 1. The van der Waals surface area contributed by atoms with E-state index in [2.05, 4.69) is 20.5 Å². The second kappa shape index (κ2) is 9.00. The van der Waals surface area contributed by atoms with Crippen molar-refractivity contribution in [2.45, 2.75) is 12.1 Å². The molecule has 8 nitrogen and oxygen atoms in total. The zero-order chi connectivity index (χ0) is 21.8. The van der Waals surface area contributed by atoms with Crippen LogP contribution >= 0.6 is 11.8 Å². The minimum atomic E-state index is -0.460. The average Bonchev–Trinajstić information content (AvgIpc) is 3.42. The maximum absolute atomic E-state index is 14.4. The number of aryl methyl sites for hydroxylation is 1. The van der Waals surface area contributed by atoms with Gasteiger partial charge in [-0.3, -0.25) is 9.36 Å². The molecule has 0 aliphatic heterocycles. The minimum absolute atomic E-state index is 0.0964. The van der Waals surface area contributed by atoms with Crippen LogP contribution in [-0.4, -0.2) is 43.1 Å². The van der Waals surface area contributed by atoms with Crippen LogP contribution in [-0.2, 0) is 4.79 Å². The summed E-state index contributed by atoms with van der Waals surface area (Å²) in [5.74, 6) is 0.804. The van der Waals surface area contributed by atoms with E-state index in [0.717, 1.165) is 11.4 Å². The van der Waals surface area contributed by atoms with Gasteiger partial charge >= 0.3 is 0 Å². The summed E-state index contributed by atoms with van der Waals surface area (Å²) in [6.07, 6.45) is 4.72. The Hall–Kier alpha value is -3.66. The van der Waals surface area contributed by atoms with E-state index in [1.165, 1.54) is 24.2 Å². The van der Waals surface area contributed by atoms with E-state index in [0.29, 0.717) is 22.4 Å². The Labute approximate surface area is 182 Å². The van der Waals surface area contributed by atoms with Crippen molar-refractivity contribution in [1.29, 1.82) is 0 Å². The van der Waals surface area contributed by atoms with Gasteiger partial charge in [0.05, 0.1) is 24.9 Å². The molecule has 0 aliphatic rings. The van der Waals surface area contributed by atoms with Gasteiger partial charge in [0, 0.05) is 23.8 Å². The number of ether oxygens (including phenoxy) is 1. The van der Waals surface area contributed by atoms with Crippen LogP contribution in [0.1, 0.15) is 5.82 Å². The van der Waals surface area contributed by atoms with Crippen molar-refractivity contribution in [2.75, 3.05) is 18.2 Å². The third-order valence-electron chi connectivity index (χ3n) is 4.47. The van der Waals surface area contributed by atoms with Gasteiger partial charge in [-0.05, 0) is 49.4 Å². The lowest BCUT2D eigenvalue weighted by molar-refractivity contribution is -0.113. The minimum Gasteiger partial charge on any atom is -0.497 e. The predicted octanol–water partition coefficient (Wildman–Crippen LogP) is 3.64. The number of halogens is 1. The fourth-order valence-electron chi connectivity index (χ4n) is 2.99. The molecule has 31 heavy (non-hydrogen) atoms. The second-order valence-corrected chi connectivity index (χ2v) is 7.48. The molecule has 0 atom stereocenters. The van der Waals surface area contributed by atoms with E-state index in [9.17, 15) is 9.18 Å². The number of methoxy groups -OCH3 is 1.